The highest BCUT2D eigenvalue weighted by Crippen LogP contribution is 2.50. The van der Waals surface area contributed by atoms with Crippen molar-refractivity contribution in [3.8, 4) is 0 Å². The van der Waals surface area contributed by atoms with Crippen LogP contribution in [0.4, 0.5) is 5.69 Å². The van der Waals surface area contributed by atoms with Gasteiger partial charge in [-0.3, -0.25) is 24.0 Å². The third kappa shape index (κ3) is 6.33. The summed E-state index contributed by atoms with van der Waals surface area (Å²) >= 11 is 0. The molecule has 1 saturated carbocycles. The number of aryl methyl sites for hydroxylation is 1. The van der Waals surface area contributed by atoms with Crippen LogP contribution in [0.2, 0.25) is 0 Å². The van der Waals surface area contributed by atoms with Crippen molar-refractivity contribution in [3.63, 3.8) is 0 Å². The van der Waals surface area contributed by atoms with Crippen molar-refractivity contribution >= 4 is 23.4 Å². The van der Waals surface area contributed by atoms with Crippen molar-refractivity contribution in [2.75, 3.05) is 39.0 Å². The number of aromatic nitrogens is 4. The lowest BCUT2D eigenvalue weighted by Crippen LogP contribution is -2.56. The fourth-order valence-corrected chi connectivity index (χ4v) is 7.89. The average Bonchev–Trinajstić information content (AvgIpc) is 3.67. The first-order valence-corrected chi connectivity index (χ1v) is 17.7. The van der Waals surface area contributed by atoms with Gasteiger partial charge in [0.15, 0.2) is 5.82 Å². The average molecular weight is 678 g/mol. The maximum atomic E-state index is 13.5. The number of nitrogens with zero attached hydrogens (tertiary/aromatic N) is 6. The van der Waals surface area contributed by atoms with Gasteiger partial charge in [-0.15, -0.1) is 0 Å². The van der Waals surface area contributed by atoms with Crippen LogP contribution in [0.5, 0.6) is 0 Å². The molecule has 1 aliphatic carbocycles. The Hall–Kier alpha value is -4.81. The summed E-state index contributed by atoms with van der Waals surface area (Å²) in [5, 5.41) is 14.0. The highest BCUT2D eigenvalue weighted by atomic mass is 16.2. The van der Waals surface area contributed by atoms with Crippen LogP contribution in [0.3, 0.4) is 0 Å². The van der Waals surface area contributed by atoms with E-state index in [0.29, 0.717) is 41.8 Å². The number of hydrogen-bond acceptors (Lipinski definition) is 7. The Kier molecular flexibility index (Phi) is 9.32. The number of benzene rings is 2. The standard InChI is InChI=1S/C38H47N9O3/c1-25-33-38(16-5-17-38)45(24-28-6-10-29(11-7-28)37(50)44(3)4)20-21-46(33)34(42-25)36(49)40-22-27-8-12-30(13-9-27)43-35(48)32-23-41-47(26(32)2)31-14-18-39-19-15-31/h6-13,23,31,39H,5,14-22,24H2,1-4H3,(H,40,49)(H,43,48). The highest BCUT2D eigenvalue weighted by Gasteiger charge is 2.50. The second kappa shape index (κ2) is 13.8. The Bertz CT molecular complexity index is 1880. The molecule has 50 heavy (non-hydrogen) atoms. The normalized spacial score (nSPS) is 17.2. The van der Waals surface area contributed by atoms with Crippen molar-refractivity contribution in [2.24, 2.45) is 0 Å². The van der Waals surface area contributed by atoms with Crippen LogP contribution in [0.1, 0.15) is 97.7 Å². The zero-order chi connectivity index (χ0) is 35.0. The molecular formula is C38H47N9O3. The molecule has 2 fully saturated rings. The number of piperidine rings is 1. The van der Waals surface area contributed by atoms with Gasteiger partial charge in [-0.1, -0.05) is 24.3 Å². The predicted octanol–water partition coefficient (Wildman–Crippen LogP) is 4.40. The molecule has 3 amide bonds. The number of carbonyl (C=O) groups is 3. The lowest BCUT2D eigenvalue weighted by Gasteiger charge is -2.53. The smallest absolute Gasteiger partial charge is 0.287 e. The second-order valence-corrected chi connectivity index (χ2v) is 14.1. The number of imidazole rings is 1. The van der Waals surface area contributed by atoms with E-state index < -0.39 is 0 Å². The van der Waals surface area contributed by atoms with Crippen LogP contribution in [-0.4, -0.2) is 80.6 Å². The van der Waals surface area contributed by atoms with Crippen LogP contribution in [-0.2, 0) is 25.2 Å². The monoisotopic (exact) mass is 677 g/mol. The molecule has 0 atom stereocenters. The fourth-order valence-electron chi connectivity index (χ4n) is 7.89. The summed E-state index contributed by atoms with van der Waals surface area (Å²) in [5.74, 6) is 0.0838. The van der Waals surface area contributed by atoms with Crippen molar-refractivity contribution in [3.05, 3.63) is 99.9 Å². The maximum absolute atomic E-state index is 13.5. The van der Waals surface area contributed by atoms with Gasteiger partial charge in [-0.25, -0.2) is 4.98 Å². The number of anilines is 1. The van der Waals surface area contributed by atoms with E-state index in [1.54, 1.807) is 25.2 Å². The molecule has 1 saturated heterocycles. The summed E-state index contributed by atoms with van der Waals surface area (Å²) < 4.78 is 4.12. The van der Waals surface area contributed by atoms with Crippen LogP contribution in [0, 0.1) is 13.8 Å². The van der Waals surface area contributed by atoms with E-state index >= 15 is 0 Å². The van der Waals surface area contributed by atoms with Gasteiger partial charge in [-0.05, 0) is 94.4 Å². The minimum absolute atomic E-state index is 0.00110. The maximum Gasteiger partial charge on any atom is 0.287 e. The molecule has 262 valence electrons. The summed E-state index contributed by atoms with van der Waals surface area (Å²) in [6, 6.07) is 15.8. The van der Waals surface area contributed by atoms with Crippen LogP contribution >= 0.6 is 0 Å². The van der Waals surface area contributed by atoms with Crippen molar-refractivity contribution in [1.29, 1.82) is 0 Å². The first kappa shape index (κ1) is 33.7. The van der Waals surface area contributed by atoms with E-state index in [4.69, 9.17) is 4.98 Å². The zero-order valence-corrected chi connectivity index (χ0v) is 29.5. The van der Waals surface area contributed by atoms with E-state index in [0.717, 1.165) is 80.9 Å². The van der Waals surface area contributed by atoms with Gasteiger partial charge in [0.1, 0.15) is 0 Å². The molecule has 2 aromatic carbocycles. The van der Waals surface area contributed by atoms with Gasteiger partial charge >= 0.3 is 0 Å². The summed E-state index contributed by atoms with van der Waals surface area (Å²) in [7, 11) is 3.53. The van der Waals surface area contributed by atoms with Gasteiger partial charge in [0.05, 0.1) is 34.7 Å². The van der Waals surface area contributed by atoms with E-state index in [1.807, 2.05) is 67.1 Å². The molecule has 3 aliphatic rings. The molecule has 3 N–H and O–H groups in total. The van der Waals surface area contributed by atoms with Gasteiger partial charge in [0.25, 0.3) is 17.7 Å². The van der Waals surface area contributed by atoms with Crippen molar-refractivity contribution in [1.82, 2.24) is 39.8 Å². The first-order valence-electron chi connectivity index (χ1n) is 17.7. The number of rotatable bonds is 9. The van der Waals surface area contributed by atoms with Crippen LogP contribution in [0.25, 0.3) is 0 Å². The fraction of sp³-hybridized carbons (Fsp3) is 0.447. The molecule has 4 aromatic rings. The number of amides is 3. The number of carbonyl (C=O) groups excluding carboxylic acids is 3. The summed E-state index contributed by atoms with van der Waals surface area (Å²) in [6.07, 6.45) is 6.86. The van der Waals surface area contributed by atoms with E-state index in [9.17, 15) is 14.4 Å². The second-order valence-electron chi connectivity index (χ2n) is 14.1. The number of hydrogen-bond donors (Lipinski definition) is 3. The minimum atomic E-state index is -0.193. The summed E-state index contributed by atoms with van der Waals surface area (Å²) in [5.41, 5.74) is 6.83. The van der Waals surface area contributed by atoms with Crippen LogP contribution in [0.15, 0.2) is 54.7 Å². The Balaban J connectivity index is 0.977. The predicted molar refractivity (Wildman–Crippen MR) is 191 cm³/mol. The molecule has 2 aliphatic heterocycles. The molecule has 0 radical (unpaired) electrons. The van der Waals surface area contributed by atoms with E-state index in [-0.39, 0.29) is 23.3 Å². The molecule has 12 heteroatoms. The Morgan fingerprint density at radius 2 is 1.64 bits per heavy atom. The molecule has 12 nitrogen and oxygen atoms in total. The lowest BCUT2D eigenvalue weighted by molar-refractivity contribution is -0.0222. The molecule has 2 aromatic heterocycles. The minimum Gasteiger partial charge on any atom is -0.345 e. The number of nitrogens with one attached hydrogen (secondary N) is 3. The Labute approximate surface area is 293 Å². The summed E-state index contributed by atoms with van der Waals surface area (Å²) in [4.78, 5) is 47.9. The van der Waals surface area contributed by atoms with Gasteiger partial charge in [0.2, 0.25) is 0 Å². The molecule has 7 rings (SSSR count). The third-order valence-electron chi connectivity index (χ3n) is 10.8. The van der Waals surface area contributed by atoms with Gasteiger partial charge < -0.3 is 25.4 Å². The van der Waals surface area contributed by atoms with E-state index in [2.05, 4.69) is 30.5 Å². The Morgan fingerprint density at radius 1 is 0.940 bits per heavy atom. The molecule has 1 spiro atoms. The van der Waals surface area contributed by atoms with Gasteiger partial charge in [0, 0.05) is 57.2 Å². The first-order chi connectivity index (χ1) is 24.1. The quantitative estimate of drug-likeness (QED) is 0.240. The molecular weight excluding hydrogens is 630 g/mol. The number of fused-ring (bicyclic) bond motifs is 2. The lowest BCUT2D eigenvalue weighted by atomic mass is 9.71. The third-order valence-corrected chi connectivity index (χ3v) is 10.8. The zero-order valence-electron chi connectivity index (χ0n) is 29.5. The van der Waals surface area contributed by atoms with Crippen molar-refractivity contribution < 1.29 is 14.4 Å². The van der Waals surface area contributed by atoms with Gasteiger partial charge in [-0.2, -0.15) is 5.10 Å². The molecule has 4 heterocycles. The largest absolute Gasteiger partial charge is 0.345 e. The van der Waals surface area contributed by atoms with E-state index in [1.165, 1.54) is 5.56 Å². The van der Waals surface area contributed by atoms with Crippen molar-refractivity contribution in [2.45, 2.75) is 77.2 Å². The topological polar surface area (TPSA) is 129 Å². The van der Waals surface area contributed by atoms with Crippen LogP contribution < -0.4 is 16.0 Å². The summed E-state index contributed by atoms with van der Waals surface area (Å²) in [6.45, 7) is 8.51. The Morgan fingerprint density at radius 3 is 2.30 bits per heavy atom. The SMILES string of the molecule is Cc1nc(C(=O)NCc2ccc(NC(=O)c3cnn(C4CCNCC4)c3C)cc2)n2c1C1(CCC1)N(Cc1ccc(C(=O)N(C)C)cc1)CC2. The molecule has 0 bridgehead atoms. The molecule has 0 unspecified atom stereocenters. The highest BCUT2D eigenvalue weighted by molar-refractivity contribution is 6.04.